The number of nitrogens with one attached hydrogen (secondary N) is 1. The Balaban J connectivity index is 1.56. The Morgan fingerprint density at radius 2 is 1.96 bits per heavy atom. The summed E-state index contributed by atoms with van der Waals surface area (Å²) in [6.45, 7) is 2.21. The zero-order chi connectivity index (χ0) is 18.5. The fourth-order valence-electron chi connectivity index (χ4n) is 2.72. The van der Waals surface area contributed by atoms with E-state index in [0.717, 1.165) is 0 Å². The van der Waals surface area contributed by atoms with Crippen LogP contribution in [0.3, 0.4) is 0 Å². The highest BCUT2D eigenvalue weighted by atomic mass is 19.1. The molecule has 1 N–H and O–H groups in total. The van der Waals surface area contributed by atoms with Crippen LogP contribution in [0.1, 0.15) is 12.5 Å². The highest BCUT2D eigenvalue weighted by Crippen LogP contribution is 2.35. The molecule has 0 aliphatic carbocycles. The summed E-state index contributed by atoms with van der Waals surface area (Å²) in [5.41, 5.74) is 1.27. The smallest absolute Gasteiger partial charge is 0.231 e. The van der Waals surface area contributed by atoms with Crippen LogP contribution in [0.2, 0.25) is 0 Å². The summed E-state index contributed by atoms with van der Waals surface area (Å²) in [6.07, 6.45) is 0.0852. The summed E-state index contributed by atoms with van der Waals surface area (Å²) in [5.74, 6) is 0.471. The molecule has 6 nitrogen and oxygen atoms in total. The van der Waals surface area contributed by atoms with Crippen molar-refractivity contribution in [3.8, 4) is 11.5 Å². The van der Waals surface area contributed by atoms with Crippen LogP contribution in [0.4, 0.5) is 10.1 Å². The van der Waals surface area contributed by atoms with Gasteiger partial charge >= 0.3 is 0 Å². The number of hydrogen-bond donors (Lipinski definition) is 1. The minimum atomic E-state index is -0.374. The van der Waals surface area contributed by atoms with Crippen LogP contribution in [0.5, 0.6) is 11.5 Å². The number of anilines is 1. The van der Waals surface area contributed by atoms with Crippen LogP contribution in [0.15, 0.2) is 42.5 Å². The van der Waals surface area contributed by atoms with E-state index in [-0.39, 0.29) is 37.4 Å². The SMILES string of the molecule is CC(=O)N(CCNC(=O)Cc1cccc(F)c1)c1ccc2c(c1)OCO2. The van der Waals surface area contributed by atoms with Crippen molar-refractivity contribution in [1.29, 1.82) is 0 Å². The number of carbonyl (C=O) groups is 2. The molecule has 136 valence electrons. The second-order valence-electron chi connectivity index (χ2n) is 5.86. The zero-order valence-electron chi connectivity index (χ0n) is 14.3. The van der Waals surface area contributed by atoms with Gasteiger partial charge in [0.25, 0.3) is 0 Å². The van der Waals surface area contributed by atoms with Gasteiger partial charge in [-0.3, -0.25) is 9.59 Å². The van der Waals surface area contributed by atoms with E-state index in [1.165, 1.54) is 19.1 Å². The summed E-state index contributed by atoms with van der Waals surface area (Å²) in [7, 11) is 0. The largest absolute Gasteiger partial charge is 0.454 e. The average Bonchev–Trinajstić information content (AvgIpc) is 3.06. The Kier molecular flexibility index (Phi) is 5.36. The Morgan fingerprint density at radius 3 is 2.73 bits per heavy atom. The van der Waals surface area contributed by atoms with Crippen LogP contribution in [-0.2, 0) is 16.0 Å². The molecule has 0 saturated carbocycles. The fourth-order valence-corrected chi connectivity index (χ4v) is 2.72. The predicted octanol–water partition coefficient (Wildman–Crippen LogP) is 2.27. The van der Waals surface area contributed by atoms with Crippen molar-refractivity contribution in [3.05, 3.63) is 53.8 Å². The first-order chi connectivity index (χ1) is 12.5. The van der Waals surface area contributed by atoms with E-state index in [0.29, 0.717) is 29.3 Å². The first-order valence-electron chi connectivity index (χ1n) is 8.22. The number of hydrogen-bond acceptors (Lipinski definition) is 4. The molecule has 1 aliphatic rings. The summed E-state index contributed by atoms with van der Waals surface area (Å²) >= 11 is 0. The van der Waals surface area contributed by atoms with Gasteiger partial charge in [-0.25, -0.2) is 4.39 Å². The number of carbonyl (C=O) groups excluding carboxylic acids is 2. The molecule has 0 radical (unpaired) electrons. The molecule has 26 heavy (non-hydrogen) atoms. The second-order valence-corrected chi connectivity index (χ2v) is 5.86. The van der Waals surface area contributed by atoms with Gasteiger partial charge in [0, 0.05) is 31.8 Å². The third-order valence-electron chi connectivity index (χ3n) is 3.96. The third kappa shape index (κ3) is 4.30. The number of rotatable bonds is 6. The molecule has 0 fully saturated rings. The summed E-state index contributed by atoms with van der Waals surface area (Å²) in [4.78, 5) is 25.5. The Labute approximate surface area is 150 Å². The van der Waals surface area contributed by atoms with Gasteiger partial charge in [0.2, 0.25) is 18.6 Å². The van der Waals surface area contributed by atoms with E-state index in [9.17, 15) is 14.0 Å². The van der Waals surface area contributed by atoms with Gasteiger partial charge < -0.3 is 19.7 Å². The molecule has 0 spiro atoms. The van der Waals surface area contributed by atoms with Crippen LogP contribution < -0.4 is 19.7 Å². The number of ether oxygens (including phenoxy) is 2. The molecule has 3 rings (SSSR count). The molecule has 2 amide bonds. The standard InChI is InChI=1S/C19H19FN2O4/c1-13(23)22(16-5-6-17-18(11-16)26-12-25-17)8-7-21-19(24)10-14-3-2-4-15(20)9-14/h2-6,9,11H,7-8,10,12H2,1H3,(H,21,24). The molecule has 0 saturated heterocycles. The maximum atomic E-state index is 13.2. The van der Waals surface area contributed by atoms with Gasteiger partial charge in [-0.05, 0) is 29.8 Å². The molecule has 0 unspecified atom stereocenters. The lowest BCUT2D eigenvalue weighted by molar-refractivity contribution is -0.121. The lowest BCUT2D eigenvalue weighted by atomic mass is 10.1. The number of amides is 2. The number of nitrogens with zero attached hydrogens (tertiary/aromatic N) is 1. The van der Waals surface area contributed by atoms with Crippen LogP contribution in [0.25, 0.3) is 0 Å². The van der Waals surface area contributed by atoms with Crippen LogP contribution in [0, 0.1) is 5.82 Å². The van der Waals surface area contributed by atoms with E-state index in [2.05, 4.69) is 5.32 Å². The third-order valence-corrected chi connectivity index (χ3v) is 3.96. The Hall–Kier alpha value is -3.09. The predicted molar refractivity (Wildman–Crippen MR) is 93.7 cm³/mol. The topological polar surface area (TPSA) is 67.9 Å². The first kappa shape index (κ1) is 17.7. The highest BCUT2D eigenvalue weighted by Gasteiger charge is 2.18. The lowest BCUT2D eigenvalue weighted by Crippen LogP contribution is -2.38. The van der Waals surface area contributed by atoms with Crippen molar-refractivity contribution in [3.63, 3.8) is 0 Å². The Bertz CT molecular complexity index is 825. The quantitative estimate of drug-likeness (QED) is 0.860. The van der Waals surface area contributed by atoms with Gasteiger partial charge in [0.05, 0.1) is 6.42 Å². The molecular weight excluding hydrogens is 339 g/mol. The second kappa shape index (κ2) is 7.86. The Morgan fingerprint density at radius 1 is 1.15 bits per heavy atom. The normalized spacial score (nSPS) is 11.9. The summed E-state index contributed by atoms with van der Waals surface area (Å²) < 4.78 is 23.7. The van der Waals surface area contributed by atoms with E-state index < -0.39 is 0 Å². The van der Waals surface area contributed by atoms with Crippen LogP contribution in [-0.4, -0.2) is 31.7 Å². The van der Waals surface area contributed by atoms with E-state index >= 15 is 0 Å². The van der Waals surface area contributed by atoms with Crippen molar-refractivity contribution in [2.75, 3.05) is 24.8 Å². The zero-order valence-corrected chi connectivity index (χ0v) is 14.3. The average molecular weight is 358 g/mol. The summed E-state index contributed by atoms with van der Waals surface area (Å²) in [5, 5.41) is 2.75. The number of halogens is 1. The molecule has 0 atom stereocenters. The molecule has 2 aromatic carbocycles. The number of benzene rings is 2. The van der Waals surface area contributed by atoms with Crippen LogP contribution >= 0.6 is 0 Å². The van der Waals surface area contributed by atoms with Crippen molar-refractivity contribution in [1.82, 2.24) is 5.32 Å². The maximum absolute atomic E-state index is 13.2. The van der Waals surface area contributed by atoms with Gasteiger partial charge in [-0.2, -0.15) is 0 Å². The molecule has 1 aliphatic heterocycles. The molecule has 0 bridgehead atoms. The molecule has 7 heteroatoms. The van der Waals surface area contributed by atoms with E-state index in [1.807, 2.05) is 0 Å². The highest BCUT2D eigenvalue weighted by molar-refractivity contribution is 5.92. The van der Waals surface area contributed by atoms with Crippen molar-refractivity contribution < 1.29 is 23.5 Å². The first-order valence-corrected chi connectivity index (χ1v) is 8.22. The fraction of sp³-hybridized carbons (Fsp3) is 0.263. The van der Waals surface area contributed by atoms with Gasteiger partial charge in [0.15, 0.2) is 11.5 Å². The van der Waals surface area contributed by atoms with E-state index in [1.54, 1.807) is 35.2 Å². The summed E-state index contributed by atoms with van der Waals surface area (Å²) in [6, 6.07) is 11.2. The van der Waals surface area contributed by atoms with Gasteiger partial charge in [0.1, 0.15) is 5.82 Å². The molecule has 2 aromatic rings. The van der Waals surface area contributed by atoms with E-state index in [4.69, 9.17) is 9.47 Å². The minimum absolute atomic E-state index is 0.0852. The van der Waals surface area contributed by atoms with Crippen molar-refractivity contribution in [2.24, 2.45) is 0 Å². The molecular formula is C19H19FN2O4. The van der Waals surface area contributed by atoms with Gasteiger partial charge in [-0.15, -0.1) is 0 Å². The van der Waals surface area contributed by atoms with Crippen molar-refractivity contribution in [2.45, 2.75) is 13.3 Å². The molecule has 0 aromatic heterocycles. The minimum Gasteiger partial charge on any atom is -0.454 e. The molecule has 1 heterocycles. The lowest BCUT2D eigenvalue weighted by Gasteiger charge is -2.21. The number of fused-ring (bicyclic) bond motifs is 1. The van der Waals surface area contributed by atoms with Gasteiger partial charge in [-0.1, -0.05) is 12.1 Å². The monoisotopic (exact) mass is 358 g/mol. The van der Waals surface area contributed by atoms with Crippen molar-refractivity contribution >= 4 is 17.5 Å². The maximum Gasteiger partial charge on any atom is 0.231 e.